The van der Waals surface area contributed by atoms with Gasteiger partial charge in [-0.1, -0.05) is 42.5 Å². The summed E-state index contributed by atoms with van der Waals surface area (Å²) in [6.45, 7) is 1.66. The maximum absolute atomic E-state index is 9.86. The number of hydrogen-bond donors (Lipinski definition) is 1. The van der Waals surface area contributed by atoms with E-state index < -0.39 is 12.3 Å². The van der Waals surface area contributed by atoms with E-state index in [4.69, 9.17) is 4.74 Å². The molecule has 0 saturated heterocycles. The number of aliphatic hydroxyl groups excluding tert-OH is 1. The van der Waals surface area contributed by atoms with E-state index in [1.807, 2.05) is 42.5 Å². The Balaban J connectivity index is 1.78. The molecule has 0 saturated carbocycles. The zero-order valence-corrected chi connectivity index (χ0v) is 12.2. The van der Waals surface area contributed by atoms with Gasteiger partial charge < -0.3 is 9.84 Å². The largest absolute Gasteiger partial charge is 0.466 e. The smallest absolute Gasteiger partial charge is 0.218 e. The van der Waals surface area contributed by atoms with Crippen molar-refractivity contribution in [3.05, 3.63) is 67.3 Å². The summed E-state index contributed by atoms with van der Waals surface area (Å²) in [7, 11) is 0. The minimum Gasteiger partial charge on any atom is -0.466 e. The molecule has 2 aromatic carbocycles. The van der Waals surface area contributed by atoms with Crippen molar-refractivity contribution in [2.24, 2.45) is 0 Å². The van der Waals surface area contributed by atoms with Gasteiger partial charge in [0.15, 0.2) is 0 Å². The highest BCUT2D eigenvalue weighted by Gasteiger charge is 2.19. The van der Waals surface area contributed by atoms with E-state index >= 15 is 0 Å². The Hall–Kier alpha value is -2.66. The van der Waals surface area contributed by atoms with E-state index in [2.05, 4.69) is 22.2 Å². The quantitative estimate of drug-likeness (QED) is 0.786. The van der Waals surface area contributed by atoms with E-state index in [0.29, 0.717) is 5.75 Å². The van der Waals surface area contributed by atoms with E-state index in [-0.39, 0.29) is 0 Å². The molecule has 1 N–H and O–H groups in total. The average Bonchev–Trinajstić information content (AvgIpc) is 3.08. The Bertz CT molecular complexity index is 695. The summed E-state index contributed by atoms with van der Waals surface area (Å²) in [6.07, 6.45) is 1.62. The van der Waals surface area contributed by atoms with Gasteiger partial charge in [-0.3, -0.25) is 0 Å². The van der Waals surface area contributed by atoms with Crippen LogP contribution in [0.15, 0.2) is 67.3 Å². The Morgan fingerprint density at radius 3 is 2.27 bits per heavy atom. The third kappa shape index (κ3) is 3.15. The fraction of sp³-hybridized carbons (Fsp3) is 0.176. The fourth-order valence-corrected chi connectivity index (χ4v) is 2.22. The van der Waals surface area contributed by atoms with Crippen LogP contribution < -0.4 is 4.74 Å². The lowest BCUT2D eigenvalue weighted by Crippen LogP contribution is -2.27. The average molecular weight is 295 g/mol. The van der Waals surface area contributed by atoms with Crippen molar-refractivity contribution in [2.75, 3.05) is 0 Å². The van der Waals surface area contributed by atoms with Gasteiger partial charge >= 0.3 is 0 Å². The number of rotatable bonds is 5. The summed E-state index contributed by atoms with van der Waals surface area (Å²) < 4.78 is 7.32. The van der Waals surface area contributed by atoms with Crippen LogP contribution >= 0.6 is 0 Å². The molecule has 0 aliphatic heterocycles. The van der Waals surface area contributed by atoms with Crippen LogP contribution in [0, 0.1) is 0 Å². The van der Waals surface area contributed by atoms with Crippen LogP contribution in [0.25, 0.3) is 11.1 Å². The first-order chi connectivity index (χ1) is 10.7. The van der Waals surface area contributed by atoms with Gasteiger partial charge in [0.25, 0.3) is 0 Å². The van der Waals surface area contributed by atoms with Gasteiger partial charge in [-0.05, 0) is 30.2 Å². The van der Waals surface area contributed by atoms with Crippen molar-refractivity contribution < 1.29 is 9.84 Å². The van der Waals surface area contributed by atoms with Crippen LogP contribution in [0.3, 0.4) is 0 Å². The lowest BCUT2D eigenvalue weighted by molar-refractivity contribution is -0.00685. The number of nitrogens with zero attached hydrogens (tertiary/aromatic N) is 3. The molecule has 112 valence electrons. The molecule has 22 heavy (non-hydrogen) atoms. The fourth-order valence-electron chi connectivity index (χ4n) is 2.22. The summed E-state index contributed by atoms with van der Waals surface area (Å²) in [5.41, 5.74) is 2.26. The summed E-state index contributed by atoms with van der Waals surface area (Å²) in [5.74, 6) is 0.668. The standard InChI is InChI=1S/C17H17N3O2/c1-13(21)17(20-12-18-11-19-20)22-16-9-7-15(8-10-16)14-5-3-2-4-6-14/h2-13,17,21H,1H3. The first-order valence-electron chi connectivity index (χ1n) is 7.08. The minimum atomic E-state index is -0.713. The maximum atomic E-state index is 9.86. The monoisotopic (exact) mass is 295 g/mol. The van der Waals surface area contributed by atoms with Crippen molar-refractivity contribution >= 4 is 0 Å². The molecule has 1 heterocycles. The molecule has 3 rings (SSSR count). The van der Waals surface area contributed by atoms with Gasteiger partial charge in [0.1, 0.15) is 24.5 Å². The van der Waals surface area contributed by atoms with E-state index in [9.17, 15) is 5.11 Å². The van der Waals surface area contributed by atoms with Crippen molar-refractivity contribution in [3.63, 3.8) is 0 Å². The second kappa shape index (κ2) is 6.41. The molecule has 5 nitrogen and oxygen atoms in total. The molecular formula is C17H17N3O2. The van der Waals surface area contributed by atoms with Crippen molar-refractivity contribution in [2.45, 2.75) is 19.3 Å². The molecule has 2 unspecified atom stereocenters. The van der Waals surface area contributed by atoms with Crippen LogP contribution in [-0.4, -0.2) is 26.0 Å². The second-order valence-corrected chi connectivity index (χ2v) is 5.01. The van der Waals surface area contributed by atoms with Gasteiger partial charge in [-0.25, -0.2) is 9.67 Å². The lowest BCUT2D eigenvalue weighted by Gasteiger charge is -2.21. The zero-order valence-electron chi connectivity index (χ0n) is 12.2. The minimum absolute atomic E-state index is 0.606. The van der Waals surface area contributed by atoms with Crippen molar-refractivity contribution in [1.29, 1.82) is 0 Å². The van der Waals surface area contributed by atoms with Crippen LogP contribution in [0.1, 0.15) is 13.2 Å². The van der Waals surface area contributed by atoms with E-state index in [1.54, 1.807) is 6.92 Å². The van der Waals surface area contributed by atoms with Crippen LogP contribution in [0.4, 0.5) is 0 Å². The number of benzene rings is 2. The molecule has 0 aliphatic carbocycles. The number of hydrogen-bond acceptors (Lipinski definition) is 4. The summed E-state index contributed by atoms with van der Waals surface area (Å²) in [5, 5.41) is 13.9. The second-order valence-electron chi connectivity index (χ2n) is 5.01. The Morgan fingerprint density at radius 1 is 1.00 bits per heavy atom. The van der Waals surface area contributed by atoms with Crippen LogP contribution in [-0.2, 0) is 0 Å². The molecule has 0 radical (unpaired) electrons. The molecule has 0 aliphatic rings. The predicted octanol–water partition coefficient (Wildman–Crippen LogP) is 2.90. The predicted molar refractivity (Wildman–Crippen MR) is 83.2 cm³/mol. The van der Waals surface area contributed by atoms with Gasteiger partial charge in [-0.2, -0.15) is 5.10 Å². The molecule has 0 bridgehead atoms. The molecule has 3 aromatic rings. The normalized spacial score (nSPS) is 13.5. The highest BCUT2D eigenvalue weighted by molar-refractivity contribution is 5.63. The molecule has 1 aromatic heterocycles. The van der Waals surface area contributed by atoms with Gasteiger partial charge in [0.05, 0.1) is 0 Å². The first kappa shape index (κ1) is 14.3. The van der Waals surface area contributed by atoms with Crippen LogP contribution in [0.5, 0.6) is 5.75 Å². The van der Waals surface area contributed by atoms with E-state index in [1.165, 1.54) is 17.3 Å². The maximum Gasteiger partial charge on any atom is 0.218 e. The topological polar surface area (TPSA) is 60.2 Å². The number of aromatic nitrogens is 3. The lowest BCUT2D eigenvalue weighted by atomic mass is 10.1. The molecule has 0 amide bonds. The summed E-state index contributed by atoms with van der Waals surface area (Å²) in [6, 6.07) is 17.9. The molecule has 2 atom stereocenters. The highest BCUT2D eigenvalue weighted by Crippen LogP contribution is 2.24. The van der Waals surface area contributed by atoms with E-state index in [0.717, 1.165) is 11.1 Å². The molecule has 0 fully saturated rings. The zero-order chi connectivity index (χ0) is 15.4. The van der Waals surface area contributed by atoms with Gasteiger partial charge in [-0.15, -0.1) is 0 Å². The summed E-state index contributed by atoms with van der Waals surface area (Å²) >= 11 is 0. The Kier molecular flexibility index (Phi) is 4.16. The van der Waals surface area contributed by atoms with Crippen LogP contribution in [0.2, 0.25) is 0 Å². The van der Waals surface area contributed by atoms with Gasteiger partial charge in [0, 0.05) is 0 Å². The van der Waals surface area contributed by atoms with Gasteiger partial charge in [0.2, 0.25) is 6.23 Å². The molecule has 0 spiro atoms. The Labute approximate surface area is 128 Å². The third-order valence-corrected chi connectivity index (χ3v) is 3.33. The molecular weight excluding hydrogens is 278 g/mol. The SMILES string of the molecule is CC(O)C(Oc1ccc(-c2ccccc2)cc1)n1cncn1. The molecule has 5 heteroatoms. The number of aliphatic hydroxyl groups is 1. The number of ether oxygens (including phenoxy) is 1. The Morgan fingerprint density at radius 2 is 1.68 bits per heavy atom. The first-order valence-corrected chi connectivity index (χ1v) is 7.08. The third-order valence-electron chi connectivity index (χ3n) is 3.33. The highest BCUT2D eigenvalue weighted by atomic mass is 16.5. The van der Waals surface area contributed by atoms with Crippen molar-refractivity contribution in [1.82, 2.24) is 14.8 Å². The summed E-state index contributed by atoms with van der Waals surface area (Å²) in [4.78, 5) is 3.88. The van der Waals surface area contributed by atoms with Crippen molar-refractivity contribution in [3.8, 4) is 16.9 Å².